The van der Waals surface area contributed by atoms with E-state index in [4.69, 9.17) is 4.74 Å². The van der Waals surface area contributed by atoms with Crippen LogP contribution in [0.2, 0.25) is 0 Å². The highest BCUT2D eigenvalue weighted by Gasteiger charge is 2.24. The van der Waals surface area contributed by atoms with Crippen molar-refractivity contribution in [3.8, 4) is 5.75 Å². The fourth-order valence-corrected chi connectivity index (χ4v) is 3.38. The van der Waals surface area contributed by atoms with Gasteiger partial charge in [-0.05, 0) is 42.8 Å². The number of hydrogen-bond acceptors (Lipinski definition) is 4. The number of halogens is 2. The van der Waals surface area contributed by atoms with Crippen LogP contribution in [0.1, 0.15) is 43.0 Å². The van der Waals surface area contributed by atoms with Gasteiger partial charge in [0.05, 0.1) is 6.61 Å². The number of rotatable bonds is 10. The van der Waals surface area contributed by atoms with Crippen LogP contribution >= 0.6 is 0 Å². The lowest BCUT2D eigenvalue weighted by Gasteiger charge is -2.10. The Morgan fingerprint density at radius 2 is 1.64 bits per heavy atom. The molecule has 9 heteroatoms. The number of carbonyl (C=O) groups is 1. The number of benzene rings is 2. The quantitative estimate of drug-likeness (QED) is 0.462. The van der Waals surface area contributed by atoms with E-state index in [1.165, 1.54) is 12.1 Å². The molecular weight excluding hydrogens is 390 g/mol. The molecule has 0 aliphatic rings. The fourth-order valence-electron chi connectivity index (χ4n) is 2.40. The first kappa shape index (κ1) is 21.8. The minimum absolute atomic E-state index is 0.148. The summed E-state index contributed by atoms with van der Waals surface area (Å²) in [5.41, 5.74) is 2.08. The second-order valence-electron chi connectivity index (χ2n) is 6.04. The molecule has 6 nitrogen and oxygen atoms in total. The first-order valence-corrected chi connectivity index (χ1v) is 10.3. The highest BCUT2D eigenvalue weighted by molar-refractivity contribution is 7.89. The van der Waals surface area contributed by atoms with Crippen molar-refractivity contribution >= 4 is 15.9 Å². The third-order valence-corrected chi connectivity index (χ3v) is 5.17. The van der Waals surface area contributed by atoms with E-state index in [1.54, 1.807) is 17.0 Å². The first-order chi connectivity index (χ1) is 13.3. The van der Waals surface area contributed by atoms with E-state index in [2.05, 4.69) is 6.92 Å². The number of carbonyl (C=O) groups excluding carboxylic acids is 1. The molecule has 0 radical (unpaired) electrons. The molecule has 0 saturated heterocycles. The molecule has 0 unspecified atom stereocenters. The Kier molecular flexibility index (Phi) is 7.89. The molecule has 0 fully saturated rings. The van der Waals surface area contributed by atoms with Crippen molar-refractivity contribution in [2.45, 2.75) is 37.5 Å². The number of hydrazine groups is 1. The lowest BCUT2D eigenvalue weighted by Crippen LogP contribution is -2.42. The summed E-state index contributed by atoms with van der Waals surface area (Å²) < 4.78 is 56.9. The zero-order valence-electron chi connectivity index (χ0n) is 15.4. The average Bonchev–Trinajstić information content (AvgIpc) is 2.66. The van der Waals surface area contributed by atoms with Gasteiger partial charge in [-0.2, -0.15) is 0 Å². The Bertz CT molecular complexity index is 882. The molecule has 1 amide bonds. The van der Waals surface area contributed by atoms with Crippen LogP contribution in [0.5, 0.6) is 5.75 Å². The molecule has 2 rings (SSSR count). The molecule has 0 heterocycles. The number of hydrogen-bond donors (Lipinski definition) is 2. The third-order valence-electron chi connectivity index (χ3n) is 3.87. The van der Waals surface area contributed by atoms with Gasteiger partial charge in [-0.25, -0.2) is 17.2 Å². The van der Waals surface area contributed by atoms with Gasteiger partial charge in [0.25, 0.3) is 15.9 Å². The predicted octanol–water partition coefficient (Wildman–Crippen LogP) is 3.55. The summed E-state index contributed by atoms with van der Waals surface area (Å²) in [5.74, 6) is -2.72. The highest BCUT2D eigenvalue weighted by Crippen LogP contribution is 2.17. The molecule has 0 spiro atoms. The van der Waals surface area contributed by atoms with E-state index < -0.39 is 32.5 Å². The molecular formula is C19H22F2N2O4S. The van der Waals surface area contributed by atoms with Gasteiger partial charge >= 0.3 is 0 Å². The summed E-state index contributed by atoms with van der Waals surface area (Å²) >= 11 is 0. The van der Waals surface area contributed by atoms with Crippen LogP contribution in [0.15, 0.2) is 47.4 Å². The van der Waals surface area contributed by atoms with Crippen molar-refractivity contribution in [1.82, 2.24) is 10.3 Å². The van der Waals surface area contributed by atoms with Gasteiger partial charge in [0.1, 0.15) is 17.4 Å². The lowest BCUT2D eigenvalue weighted by atomic mass is 10.2. The van der Waals surface area contributed by atoms with Crippen LogP contribution in [-0.2, 0) is 10.0 Å². The standard InChI is InChI=1S/C19H22F2N2O4S/c1-2-3-4-5-13-27-15-11-9-14(10-12-15)19(24)22-23-28(25,26)18-16(20)7-6-8-17(18)21/h6-12,23H,2-5,13H2,1H3,(H,22,24). The zero-order chi connectivity index (χ0) is 20.6. The first-order valence-electron chi connectivity index (χ1n) is 8.84. The average molecular weight is 412 g/mol. The van der Waals surface area contributed by atoms with Crippen LogP contribution in [0.4, 0.5) is 8.78 Å². The van der Waals surface area contributed by atoms with Crippen molar-refractivity contribution in [2.24, 2.45) is 0 Å². The van der Waals surface area contributed by atoms with Crippen LogP contribution in [-0.4, -0.2) is 20.9 Å². The summed E-state index contributed by atoms with van der Waals surface area (Å²) in [4.78, 5) is 12.6. The van der Waals surface area contributed by atoms with Gasteiger partial charge in [0.2, 0.25) is 0 Å². The van der Waals surface area contributed by atoms with Crippen molar-refractivity contribution in [1.29, 1.82) is 0 Å². The molecule has 2 aromatic rings. The lowest BCUT2D eigenvalue weighted by molar-refractivity contribution is 0.0945. The van der Waals surface area contributed by atoms with E-state index in [9.17, 15) is 22.0 Å². The molecule has 0 atom stereocenters. The summed E-state index contributed by atoms with van der Waals surface area (Å²) in [7, 11) is -4.61. The number of unbranched alkanes of at least 4 members (excludes halogenated alkanes) is 3. The molecule has 152 valence electrons. The molecule has 0 aromatic heterocycles. The van der Waals surface area contributed by atoms with E-state index >= 15 is 0 Å². The van der Waals surface area contributed by atoms with E-state index in [-0.39, 0.29) is 5.56 Å². The fraction of sp³-hybridized carbons (Fsp3) is 0.316. The van der Waals surface area contributed by atoms with Crippen LogP contribution in [0, 0.1) is 11.6 Å². The molecule has 0 saturated carbocycles. The SMILES string of the molecule is CCCCCCOc1ccc(C(=O)NNS(=O)(=O)c2c(F)cccc2F)cc1. The maximum absolute atomic E-state index is 13.6. The minimum atomic E-state index is -4.61. The Hall–Kier alpha value is -2.52. The second-order valence-corrected chi connectivity index (χ2v) is 7.66. The third kappa shape index (κ3) is 6.00. The maximum atomic E-state index is 13.6. The number of amides is 1. The largest absolute Gasteiger partial charge is 0.494 e. The van der Waals surface area contributed by atoms with Gasteiger partial charge < -0.3 is 4.74 Å². The van der Waals surface area contributed by atoms with Gasteiger partial charge in [0, 0.05) is 5.56 Å². The molecule has 2 aromatic carbocycles. The molecule has 28 heavy (non-hydrogen) atoms. The van der Waals surface area contributed by atoms with Gasteiger partial charge in [-0.3, -0.25) is 10.2 Å². The van der Waals surface area contributed by atoms with Crippen molar-refractivity contribution in [3.05, 3.63) is 59.7 Å². The monoisotopic (exact) mass is 412 g/mol. The zero-order valence-corrected chi connectivity index (χ0v) is 16.2. The van der Waals surface area contributed by atoms with Crippen molar-refractivity contribution < 1.29 is 26.7 Å². The predicted molar refractivity (Wildman–Crippen MR) is 100 cm³/mol. The number of sulfonamides is 1. The van der Waals surface area contributed by atoms with Gasteiger partial charge in [-0.15, -0.1) is 4.83 Å². The Balaban J connectivity index is 1.92. The van der Waals surface area contributed by atoms with E-state index in [1.807, 2.05) is 5.43 Å². The molecule has 0 bridgehead atoms. The van der Waals surface area contributed by atoms with Gasteiger partial charge in [-0.1, -0.05) is 32.3 Å². The number of nitrogens with one attached hydrogen (secondary N) is 2. The van der Waals surface area contributed by atoms with Crippen LogP contribution < -0.4 is 15.0 Å². The minimum Gasteiger partial charge on any atom is -0.494 e. The topological polar surface area (TPSA) is 84.5 Å². The van der Waals surface area contributed by atoms with E-state index in [0.717, 1.165) is 43.9 Å². The smallest absolute Gasteiger partial charge is 0.266 e. The molecule has 0 aliphatic carbocycles. The summed E-state index contributed by atoms with van der Waals surface area (Å²) in [6.07, 6.45) is 4.30. The van der Waals surface area contributed by atoms with Crippen LogP contribution in [0.3, 0.4) is 0 Å². The van der Waals surface area contributed by atoms with Gasteiger partial charge in [0.15, 0.2) is 4.90 Å². The van der Waals surface area contributed by atoms with Crippen LogP contribution in [0.25, 0.3) is 0 Å². The highest BCUT2D eigenvalue weighted by atomic mass is 32.2. The maximum Gasteiger partial charge on any atom is 0.266 e. The Morgan fingerprint density at radius 1 is 1.00 bits per heavy atom. The van der Waals surface area contributed by atoms with E-state index in [0.29, 0.717) is 12.4 Å². The Morgan fingerprint density at radius 3 is 2.25 bits per heavy atom. The molecule has 0 aliphatic heterocycles. The second kappa shape index (κ2) is 10.1. The summed E-state index contributed by atoms with van der Waals surface area (Å²) in [5, 5.41) is 0. The molecule has 2 N–H and O–H groups in total. The summed E-state index contributed by atoms with van der Waals surface area (Å²) in [6, 6.07) is 8.72. The normalized spacial score (nSPS) is 11.2. The van der Waals surface area contributed by atoms with Crippen molar-refractivity contribution in [3.63, 3.8) is 0 Å². The van der Waals surface area contributed by atoms with Crippen molar-refractivity contribution in [2.75, 3.05) is 6.61 Å². The number of ether oxygens (including phenoxy) is 1. The Labute approximate surface area is 162 Å². The summed E-state index contributed by atoms with van der Waals surface area (Å²) in [6.45, 7) is 2.69.